The summed E-state index contributed by atoms with van der Waals surface area (Å²) in [6.45, 7) is 2.98. The molecule has 1 aromatic carbocycles. The second kappa shape index (κ2) is 5.44. The average molecular weight is 291 g/mol. The first-order valence-corrected chi connectivity index (χ1v) is 7.16. The third-order valence-electron chi connectivity index (χ3n) is 4.19. The molecule has 6 heteroatoms. The van der Waals surface area contributed by atoms with Crippen LogP contribution in [0.1, 0.15) is 31.4 Å². The van der Waals surface area contributed by atoms with Crippen LogP contribution in [0.2, 0.25) is 0 Å². The van der Waals surface area contributed by atoms with E-state index in [2.05, 4.69) is 10.6 Å². The lowest BCUT2D eigenvalue weighted by atomic mass is 10.0. The van der Waals surface area contributed by atoms with Gasteiger partial charge in [0.15, 0.2) is 0 Å². The lowest BCUT2D eigenvalue weighted by molar-refractivity contribution is -0.130. The Hall–Kier alpha value is -1.95. The number of anilines is 1. The van der Waals surface area contributed by atoms with Crippen molar-refractivity contribution in [2.75, 3.05) is 18.4 Å². The maximum Gasteiger partial charge on any atom is 0.246 e. The average Bonchev–Trinajstić information content (AvgIpc) is 2.75. The van der Waals surface area contributed by atoms with Crippen LogP contribution in [-0.4, -0.2) is 35.8 Å². The molecule has 2 heterocycles. The largest absolute Gasteiger partial charge is 0.343 e. The minimum atomic E-state index is -0.436. The number of carbonyl (C=O) groups excluding carboxylic acids is 2. The summed E-state index contributed by atoms with van der Waals surface area (Å²) in [5.74, 6) is -0.415. The minimum Gasteiger partial charge on any atom is -0.343 e. The van der Waals surface area contributed by atoms with Gasteiger partial charge in [-0.15, -0.1) is 0 Å². The molecule has 0 spiro atoms. The van der Waals surface area contributed by atoms with Gasteiger partial charge in [-0.05, 0) is 25.0 Å². The topological polar surface area (TPSA) is 61.4 Å². The van der Waals surface area contributed by atoms with Crippen molar-refractivity contribution in [2.45, 2.75) is 31.8 Å². The Morgan fingerprint density at radius 1 is 1.38 bits per heavy atom. The Bertz CT molecular complexity index is 582. The number of halogens is 1. The molecule has 0 aromatic heterocycles. The van der Waals surface area contributed by atoms with Crippen LogP contribution in [0.15, 0.2) is 18.2 Å². The van der Waals surface area contributed by atoms with Gasteiger partial charge < -0.3 is 10.2 Å². The molecule has 0 radical (unpaired) electrons. The van der Waals surface area contributed by atoms with Gasteiger partial charge in [-0.3, -0.25) is 14.9 Å². The van der Waals surface area contributed by atoms with Gasteiger partial charge in [0.25, 0.3) is 0 Å². The number of piperidine rings is 1. The summed E-state index contributed by atoms with van der Waals surface area (Å²) < 4.78 is 13.2. The molecule has 5 nitrogen and oxygen atoms in total. The number of fused-ring (bicyclic) bond motifs is 1. The third kappa shape index (κ3) is 2.76. The first-order valence-electron chi connectivity index (χ1n) is 7.16. The van der Waals surface area contributed by atoms with Crippen molar-refractivity contribution in [3.8, 4) is 0 Å². The maximum atomic E-state index is 13.2. The minimum absolute atomic E-state index is 0.0906. The van der Waals surface area contributed by atoms with Gasteiger partial charge in [0.05, 0.1) is 0 Å². The van der Waals surface area contributed by atoms with Gasteiger partial charge in [-0.1, -0.05) is 6.07 Å². The normalized spacial score (nSPS) is 22.1. The number of amides is 2. The Balaban J connectivity index is 1.67. The van der Waals surface area contributed by atoms with E-state index in [0.717, 1.165) is 18.4 Å². The molecule has 1 unspecified atom stereocenters. The van der Waals surface area contributed by atoms with Crippen LogP contribution >= 0.6 is 0 Å². The summed E-state index contributed by atoms with van der Waals surface area (Å²) in [6.07, 6.45) is 1.64. The standard InChI is InChI=1S/C15H18FN3O2/c1-9(20)19-6-4-11(5-7-19)17-14-12-3-2-10(16)8-13(12)18-15(14)21/h2-3,8,11,14,17H,4-7H2,1H3,(H,18,21). The van der Waals surface area contributed by atoms with Crippen LogP contribution < -0.4 is 10.6 Å². The monoisotopic (exact) mass is 291 g/mol. The van der Waals surface area contributed by atoms with Gasteiger partial charge >= 0.3 is 0 Å². The number of rotatable bonds is 2. The predicted molar refractivity (Wildman–Crippen MR) is 76.2 cm³/mol. The molecular weight excluding hydrogens is 273 g/mol. The highest BCUT2D eigenvalue weighted by Gasteiger charge is 2.33. The Kier molecular flexibility index (Phi) is 3.63. The SMILES string of the molecule is CC(=O)N1CCC(NC2C(=O)Nc3cc(F)ccc32)CC1. The van der Waals surface area contributed by atoms with E-state index in [1.54, 1.807) is 13.0 Å². The molecular formula is C15H18FN3O2. The lowest BCUT2D eigenvalue weighted by Gasteiger charge is -2.33. The Morgan fingerprint density at radius 2 is 2.10 bits per heavy atom. The number of benzene rings is 1. The van der Waals surface area contributed by atoms with E-state index in [-0.39, 0.29) is 23.7 Å². The van der Waals surface area contributed by atoms with Crippen LogP contribution in [-0.2, 0) is 9.59 Å². The first-order chi connectivity index (χ1) is 10.0. The summed E-state index contributed by atoms with van der Waals surface area (Å²) in [6, 6.07) is 4.10. The fraction of sp³-hybridized carbons (Fsp3) is 0.467. The van der Waals surface area contributed by atoms with Gasteiger partial charge in [0.1, 0.15) is 11.9 Å². The van der Waals surface area contributed by atoms with E-state index in [1.807, 2.05) is 4.90 Å². The van der Waals surface area contributed by atoms with E-state index in [0.29, 0.717) is 18.8 Å². The second-order valence-corrected chi connectivity index (χ2v) is 5.60. The molecule has 1 atom stereocenters. The highest BCUT2D eigenvalue weighted by molar-refractivity contribution is 6.02. The summed E-state index contributed by atoms with van der Waals surface area (Å²) in [5, 5.41) is 6.03. The van der Waals surface area contributed by atoms with Crippen molar-refractivity contribution in [2.24, 2.45) is 0 Å². The molecule has 0 saturated carbocycles. The van der Waals surface area contributed by atoms with Gasteiger partial charge in [-0.2, -0.15) is 0 Å². The third-order valence-corrected chi connectivity index (χ3v) is 4.19. The fourth-order valence-corrected chi connectivity index (χ4v) is 3.00. The number of likely N-dealkylation sites (tertiary alicyclic amines) is 1. The van der Waals surface area contributed by atoms with Crippen LogP contribution in [0.5, 0.6) is 0 Å². The highest BCUT2D eigenvalue weighted by atomic mass is 19.1. The number of nitrogens with zero attached hydrogens (tertiary/aromatic N) is 1. The summed E-state index contributed by atoms with van der Waals surface area (Å²) in [4.78, 5) is 25.1. The van der Waals surface area contributed by atoms with E-state index in [9.17, 15) is 14.0 Å². The molecule has 0 aliphatic carbocycles. The number of nitrogens with one attached hydrogen (secondary N) is 2. The lowest BCUT2D eigenvalue weighted by Crippen LogP contribution is -2.46. The van der Waals surface area contributed by atoms with Crippen LogP contribution in [0.4, 0.5) is 10.1 Å². The second-order valence-electron chi connectivity index (χ2n) is 5.60. The number of hydrogen-bond acceptors (Lipinski definition) is 3. The van der Waals surface area contributed by atoms with Crippen LogP contribution in [0, 0.1) is 5.82 Å². The number of carbonyl (C=O) groups is 2. The van der Waals surface area contributed by atoms with Crippen molar-refractivity contribution >= 4 is 17.5 Å². The predicted octanol–water partition coefficient (Wildman–Crippen LogP) is 1.42. The van der Waals surface area contributed by atoms with Crippen LogP contribution in [0.3, 0.4) is 0 Å². The summed E-state index contributed by atoms with van der Waals surface area (Å²) >= 11 is 0. The van der Waals surface area contributed by atoms with E-state index in [4.69, 9.17) is 0 Å². The quantitative estimate of drug-likeness (QED) is 0.866. The van der Waals surface area contributed by atoms with Crippen molar-refractivity contribution in [3.05, 3.63) is 29.6 Å². The molecule has 112 valence electrons. The van der Waals surface area contributed by atoms with E-state index >= 15 is 0 Å². The Morgan fingerprint density at radius 3 is 2.76 bits per heavy atom. The molecule has 1 saturated heterocycles. The number of hydrogen-bond donors (Lipinski definition) is 2. The van der Waals surface area contributed by atoms with Crippen molar-refractivity contribution < 1.29 is 14.0 Å². The van der Waals surface area contributed by atoms with Crippen molar-refractivity contribution in [3.63, 3.8) is 0 Å². The Labute approximate surface area is 122 Å². The van der Waals surface area contributed by atoms with E-state index < -0.39 is 6.04 Å². The molecule has 21 heavy (non-hydrogen) atoms. The smallest absolute Gasteiger partial charge is 0.246 e. The van der Waals surface area contributed by atoms with Gasteiger partial charge in [0.2, 0.25) is 11.8 Å². The highest BCUT2D eigenvalue weighted by Crippen LogP contribution is 2.32. The zero-order chi connectivity index (χ0) is 15.0. The summed E-state index contributed by atoms with van der Waals surface area (Å²) in [7, 11) is 0. The first kappa shape index (κ1) is 14.0. The maximum absolute atomic E-state index is 13.2. The summed E-state index contributed by atoms with van der Waals surface area (Å²) in [5.41, 5.74) is 1.33. The molecule has 2 amide bonds. The van der Waals surface area contributed by atoms with Crippen molar-refractivity contribution in [1.29, 1.82) is 0 Å². The van der Waals surface area contributed by atoms with Gasteiger partial charge in [-0.25, -0.2) is 4.39 Å². The molecule has 2 aliphatic heterocycles. The van der Waals surface area contributed by atoms with Crippen LogP contribution in [0.25, 0.3) is 0 Å². The fourth-order valence-electron chi connectivity index (χ4n) is 3.00. The molecule has 2 N–H and O–H groups in total. The van der Waals surface area contributed by atoms with E-state index in [1.165, 1.54) is 12.1 Å². The van der Waals surface area contributed by atoms with Crippen molar-refractivity contribution in [1.82, 2.24) is 10.2 Å². The zero-order valence-corrected chi connectivity index (χ0v) is 11.9. The molecule has 1 aromatic rings. The zero-order valence-electron chi connectivity index (χ0n) is 11.9. The van der Waals surface area contributed by atoms with Gasteiger partial charge in [0, 0.05) is 37.3 Å². The molecule has 3 rings (SSSR count). The molecule has 1 fully saturated rings. The molecule has 2 aliphatic rings. The molecule has 0 bridgehead atoms.